The Morgan fingerprint density at radius 3 is 2.50 bits per heavy atom. The molecule has 1 aliphatic heterocycles. The summed E-state index contributed by atoms with van der Waals surface area (Å²) < 4.78 is 8.01. The number of anilines is 1. The molecule has 0 spiro atoms. The third kappa shape index (κ3) is 4.80. The molecule has 9 heteroatoms. The molecule has 1 aliphatic rings. The number of hydrogen-bond acceptors (Lipinski definition) is 5. The zero-order chi connectivity index (χ0) is 24.4. The van der Waals surface area contributed by atoms with Crippen LogP contribution in [0.5, 0.6) is 5.75 Å². The Bertz CT molecular complexity index is 1310. The Balaban J connectivity index is 1.53. The molecule has 1 N–H and O–H groups in total. The van der Waals surface area contributed by atoms with Crippen molar-refractivity contribution in [3.05, 3.63) is 80.9 Å². The van der Waals surface area contributed by atoms with E-state index in [0.717, 1.165) is 45.1 Å². The quantitative estimate of drug-likeness (QED) is 0.416. The van der Waals surface area contributed by atoms with Crippen molar-refractivity contribution in [3.8, 4) is 11.4 Å². The van der Waals surface area contributed by atoms with Gasteiger partial charge in [-0.1, -0.05) is 12.1 Å². The van der Waals surface area contributed by atoms with E-state index in [1.54, 1.807) is 31.4 Å². The third-order valence-corrected chi connectivity index (χ3v) is 7.01. The first-order valence-electron chi connectivity index (χ1n) is 10.4. The van der Waals surface area contributed by atoms with Gasteiger partial charge in [0.2, 0.25) is 5.91 Å². The van der Waals surface area contributed by atoms with Crippen molar-refractivity contribution in [1.82, 2.24) is 9.47 Å². The molecular formula is C25H22BrN3O4S. The Hall–Kier alpha value is -3.30. The number of benzene rings is 2. The lowest BCUT2D eigenvalue weighted by molar-refractivity contribution is -0.127. The van der Waals surface area contributed by atoms with Crippen LogP contribution in [-0.4, -0.2) is 40.2 Å². The molecule has 1 aromatic heterocycles. The van der Waals surface area contributed by atoms with Crippen LogP contribution < -0.4 is 10.1 Å². The summed E-state index contributed by atoms with van der Waals surface area (Å²) in [6.07, 6.45) is 1.71. The standard InChI is InChI=1S/C25H22BrN3O4S/c1-15-12-17(16(2)29(15)18-8-10-19(33-3)11-9-18)13-22-24(31)28(25(32)34-22)14-23(30)27-21-7-5-4-6-20(21)26/h4-13H,14H2,1-3H3,(H,27,30)/b22-13-. The average molecular weight is 540 g/mol. The molecule has 2 aromatic carbocycles. The minimum atomic E-state index is -0.480. The Morgan fingerprint density at radius 2 is 1.82 bits per heavy atom. The van der Waals surface area contributed by atoms with Gasteiger partial charge in [0.25, 0.3) is 11.1 Å². The summed E-state index contributed by atoms with van der Waals surface area (Å²) in [4.78, 5) is 39.1. The predicted molar refractivity (Wildman–Crippen MR) is 137 cm³/mol. The minimum Gasteiger partial charge on any atom is -0.497 e. The maximum absolute atomic E-state index is 12.9. The van der Waals surface area contributed by atoms with E-state index in [0.29, 0.717) is 10.2 Å². The van der Waals surface area contributed by atoms with Crippen molar-refractivity contribution in [1.29, 1.82) is 0 Å². The van der Waals surface area contributed by atoms with Gasteiger partial charge in [0, 0.05) is 21.5 Å². The topological polar surface area (TPSA) is 80.6 Å². The number of nitrogens with one attached hydrogen (secondary N) is 1. The molecule has 4 rings (SSSR count). The molecule has 0 saturated carbocycles. The van der Waals surface area contributed by atoms with Gasteiger partial charge in [-0.3, -0.25) is 19.3 Å². The van der Waals surface area contributed by atoms with Crippen LogP contribution in [0.15, 0.2) is 64.0 Å². The van der Waals surface area contributed by atoms with Crippen LogP contribution in [0.1, 0.15) is 17.0 Å². The van der Waals surface area contributed by atoms with E-state index >= 15 is 0 Å². The van der Waals surface area contributed by atoms with Crippen LogP contribution in [-0.2, 0) is 9.59 Å². The zero-order valence-corrected chi connectivity index (χ0v) is 21.2. The second kappa shape index (κ2) is 9.90. The van der Waals surface area contributed by atoms with E-state index in [1.165, 1.54) is 0 Å². The summed E-state index contributed by atoms with van der Waals surface area (Å²) >= 11 is 4.20. The summed E-state index contributed by atoms with van der Waals surface area (Å²) in [6.45, 7) is 3.58. The van der Waals surface area contributed by atoms with E-state index in [-0.39, 0.29) is 11.4 Å². The summed E-state index contributed by atoms with van der Waals surface area (Å²) in [6, 6.07) is 16.8. The zero-order valence-electron chi connectivity index (χ0n) is 18.8. The molecule has 3 amide bonds. The summed E-state index contributed by atoms with van der Waals surface area (Å²) in [5, 5.41) is 2.25. The number of carbonyl (C=O) groups is 3. The molecule has 0 bridgehead atoms. The highest BCUT2D eigenvalue weighted by atomic mass is 79.9. The first-order valence-corrected chi connectivity index (χ1v) is 12.0. The highest BCUT2D eigenvalue weighted by Crippen LogP contribution is 2.34. The van der Waals surface area contributed by atoms with Gasteiger partial charge in [-0.15, -0.1) is 0 Å². The fourth-order valence-electron chi connectivity index (χ4n) is 3.74. The van der Waals surface area contributed by atoms with Gasteiger partial charge in [-0.05, 0) is 95.6 Å². The molecule has 2 heterocycles. The molecule has 34 heavy (non-hydrogen) atoms. The molecule has 0 aliphatic carbocycles. The van der Waals surface area contributed by atoms with Crippen LogP contribution in [0.25, 0.3) is 11.8 Å². The first-order chi connectivity index (χ1) is 16.3. The number of aromatic nitrogens is 1. The van der Waals surface area contributed by atoms with Crippen LogP contribution in [0.4, 0.5) is 10.5 Å². The van der Waals surface area contributed by atoms with Crippen LogP contribution in [0.2, 0.25) is 0 Å². The van der Waals surface area contributed by atoms with E-state index in [2.05, 4.69) is 25.8 Å². The SMILES string of the molecule is COc1ccc(-n2c(C)cc(/C=C3\SC(=O)N(CC(=O)Nc4ccccc4Br)C3=O)c2C)cc1. The van der Waals surface area contributed by atoms with Gasteiger partial charge in [-0.2, -0.15) is 0 Å². The van der Waals surface area contributed by atoms with Gasteiger partial charge in [0.1, 0.15) is 12.3 Å². The Labute approximate surface area is 209 Å². The van der Waals surface area contributed by atoms with E-state index < -0.39 is 17.1 Å². The highest BCUT2D eigenvalue weighted by molar-refractivity contribution is 9.10. The monoisotopic (exact) mass is 539 g/mol. The molecule has 1 fully saturated rings. The van der Waals surface area contributed by atoms with Crippen molar-refractivity contribution in [2.24, 2.45) is 0 Å². The minimum absolute atomic E-state index is 0.286. The fourth-order valence-corrected chi connectivity index (χ4v) is 4.95. The number of carbonyl (C=O) groups excluding carboxylic acids is 3. The predicted octanol–water partition coefficient (Wildman–Crippen LogP) is 5.54. The Morgan fingerprint density at radius 1 is 1.12 bits per heavy atom. The molecule has 0 radical (unpaired) electrons. The number of nitrogens with zero attached hydrogens (tertiary/aromatic N) is 2. The largest absolute Gasteiger partial charge is 0.497 e. The number of rotatable bonds is 6. The van der Waals surface area contributed by atoms with E-state index in [9.17, 15) is 14.4 Å². The number of imide groups is 1. The number of halogens is 1. The van der Waals surface area contributed by atoms with Crippen molar-refractivity contribution < 1.29 is 19.1 Å². The highest BCUT2D eigenvalue weighted by Gasteiger charge is 2.36. The lowest BCUT2D eigenvalue weighted by Gasteiger charge is -2.13. The second-order valence-electron chi connectivity index (χ2n) is 7.66. The lowest BCUT2D eigenvalue weighted by atomic mass is 10.2. The first kappa shape index (κ1) is 23.8. The van der Waals surface area contributed by atoms with Crippen LogP contribution >= 0.6 is 27.7 Å². The third-order valence-electron chi connectivity index (χ3n) is 5.41. The van der Waals surface area contributed by atoms with Crippen molar-refractivity contribution in [2.45, 2.75) is 13.8 Å². The van der Waals surface area contributed by atoms with Crippen molar-refractivity contribution >= 4 is 56.5 Å². The fraction of sp³-hybridized carbons (Fsp3) is 0.160. The number of methoxy groups -OCH3 is 1. The molecule has 3 aromatic rings. The van der Waals surface area contributed by atoms with Crippen molar-refractivity contribution in [2.75, 3.05) is 19.0 Å². The van der Waals surface area contributed by atoms with Gasteiger partial charge >= 0.3 is 0 Å². The van der Waals surface area contributed by atoms with Gasteiger partial charge in [0.05, 0.1) is 17.7 Å². The van der Waals surface area contributed by atoms with Gasteiger partial charge in [-0.25, -0.2) is 0 Å². The number of para-hydroxylation sites is 1. The van der Waals surface area contributed by atoms with E-state index in [4.69, 9.17) is 4.74 Å². The van der Waals surface area contributed by atoms with Gasteiger partial charge < -0.3 is 14.6 Å². The molecule has 7 nitrogen and oxygen atoms in total. The average Bonchev–Trinajstić information content (AvgIpc) is 3.24. The van der Waals surface area contributed by atoms with Crippen molar-refractivity contribution in [3.63, 3.8) is 0 Å². The maximum atomic E-state index is 12.9. The number of ether oxygens (including phenoxy) is 1. The Kier molecular flexibility index (Phi) is 6.95. The number of thioether (sulfide) groups is 1. The molecular weight excluding hydrogens is 518 g/mol. The number of aryl methyl sites for hydroxylation is 1. The maximum Gasteiger partial charge on any atom is 0.294 e. The summed E-state index contributed by atoms with van der Waals surface area (Å²) in [7, 11) is 1.62. The smallest absolute Gasteiger partial charge is 0.294 e. The molecule has 0 unspecified atom stereocenters. The van der Waals surface area contributed by atoms with Crippen LogP contribution in [0, 0.1) is 13.8 Å². The summed E-state index contributed by atoms with van der Waals surface area (Å²) in [5.41, 5.74) is 4.28. The molecule has 174 valence electrons. The number of hydrogen-bond donors (Lipinski definition) is 1. The second-order valence-corrected chi connectivity index (χ2v) is 9.50. The van der Waals surface area contributed by atoms with E-state index in [1.807, 2.05) is 50.2 Å². The molecule has 1 saturated heterocycles. The summed E-state index contributed by atoms with van der Waals surface area (Å²) in [5.74, 6) is -0.163. The van der Waals surface area contributed by atoms with Crippen LogP contribution in [0.3, 0.4) is 0 Å². The molecule has 0 atom stereocenters. The van der Waals surface area contributed by atoms with Gasteiger partial charge in [0.15, 0.2) is 0 Å². The normalized spacial score (nSPS) is 14.7. The number of amides is 3. The lowest BCUT2D eigenvalue weighted by Crippen LogP contribution is -2.36.